The molecule has 1 aliphatic heterocycles. The van der Waals surface area contributed by atoms with Gasteiger partial charge in [0.15, 0.2) is 16.9 Å². The fraction of sp³-hybridized carbons (Fsp3) is 0.286. The summed E-state index contributed by atoms with van der Waals surface area (Å²) < 4.78 is 16.3. The van der Waals surface area contributed by atoms with Crippen LogP contribution >= 0.6 is 0 Å². The summed E-state index contributed by atoms with van der Waals surface area (Å²) in [6.45, 7) is -0.690. The van der Waals surface area contributed by atoms with Crippen molar-refractivity contribution in [2.75, 3.05) is 6.61 Å². The third-order valence-electron chi connectivity index (χ3n) is 5.17. The molecule has 0 radical (unpaired) electrons. The standard InChI is InChI=1S/C21H20O11/c22-7-14-17(26)19(28)20(29)21(32-14)31-13-6-12-15(18(27)16(13)25)10(24)5-11(30-12)8-1-3-9(23)4-2-8/h1-6,14,17,19-23,25-29H,7H2/t14-,17+,19+,20-,21+/m1/s1. The Morgan fingerprint density at radius 3 is 2.25 bits per heavy atom. The van der Waals surface area contributed by atoms with Crippen LogP contribution in [0.5, 0.6) is 23.0 Å². The molecule has 1 aliphatic rings. The highest BCUT2D eigenvalue weighted by molar-refractivity contribution is 5.89. The lowest BCUT2D eigenvalue weighted by molar-refractivity contribution is -0.277. The van der Waals surface area contributed by atoms with E-state index in [1.165, 1.54) is 24.3 Å². The molecule has 1 fully saturated rings. The Balaban J connectivity index is 1.76. The van der Waals surface area contributed by atoms with Crippen LogP contribution in [0, 0.1) is 0 Å². The van der Waals surface area contributed by atoms with Crippen LogP contribution in [-0.2, 0) is 4.74 Å². The van der Waals surface area contributed by atoms with Crippen LogP contribution in [0.4, 0.5) is 0 Å². The van der Waals surface area contributed by atoms with E-state index in [1.54, 1.807) is 0 Å². The summed E-state index contributed by atoms with van der Waals surface area (Å²) in [5, 5.41) is 69.0. The van der Waals surface area contributed by atoms with Gasteiger partial charge in [0.2, 0.25) is 12.0 Å². The second-order valence-electron chi connectivity index (χ2n) is 7.28. The van der Waals surface area contributed by atoms with Crippen LogP contribution in [0.1, 0.15) is 0 Å². The first-order valence-electron chi connectivity index (χ1n) is 9.50. The Morgan fingerprint density at radius 1 is 0.906 bits per heavy atom. The van der Waals surface area contributed by atoms with Crippen molar-refractivity contribution < 1.29 is 49.6 Å². The van der Waals surface area contributed by atoms with Gasteiger partial charge in [-0.25, -0.2) is 0 Å². The van der Waals surface area contributed by atoms with E-state index in [2.05, 4.69) is 0 Å². The van der Waals surface area contributed by atoms with Gasteiger partial charge in [0.25, 0.3) is 0 Å². The monoisotopic (exact) mass is 448 g/mol. The van der Waals surface area contributed by atoms with Crippen LogP contribution in [0.2, 0.25) is 0 Å². The van der Waals surface area contributed by atoms with E-state index in [1.807, 2.05) is 0 Å². The van der Waals surface area contributed by atoms with Crippen LogP contribution in [0.25, 0.3) is 22.3 Å². The van der Waals surface area contributed by atoms with Crippen LogP contribution in [0.3, 0.4) is 0 Å². The zero-order valence-corrected chi connectivity index (χ0v) is 16.3. The number of aliphatic hydroxyl groups is 4. The summed E-state index contributed by atoms with van der Waals surface area (Å²) in [5.41, 5.74) is -0.386. The molecule has 1 aromatic heterocycles. The summed E-state index contributed by atoms with van der Waals surface area (Å²) in [6.07, 6.45) is -7.99. The summed E-state index contributed by atoms with van der Waals surface area (Å²) in [6, 6.07) is 7.97. The van der Waals surface area contributed by atoms with Gasteiger partial charge in [-0.3, -0.25) is 4.79 Å². The lowest BCUT2D eigenvalue weighted by Crippen LogP contribution is -2.60. The first-order valence-corrected chi connectivity index (χ1v) is 9.50. The van der Waals surface area contributed by atoms with Gasteiger partial charge in [0.05, 0.1) is 6.61 Å². The second-order valence-corrected chi connectivity index (χ2v) is 7.28. The van der Waals surface area contributed by atoms with Crippen LogP contribution in [0.15, 0.2) is 45.6 Å². The number of rotatable bonds is 4. The quantitative estimate of drug-likeness (QED) is 0.261. The van der Waals surface area contributed by atoms with Crippen molar-refractivity contribution in [2.45, 2.75) is 30.7 Å². The van der Waals surface area contributed by atoms with Gasteiger partial charge < -0.3 is 49.6 Å². The zero-order chi connectivity index (χ0) is 23.2. The number of phenolic OH excluding ortho intramolecular Hbond substituents is 3. The first-order chi connectivity index (χ1) is 15.2. The van der Waals surface area contributed by atoms with E-state index < -0.39 is 60.0 Å². The summed E-state index contributed by atoms with van der Waals surface area (Å²) >= 11 is 0. The van der Waals surface area contributed by atoms with Crippen molar-refractivity contribution in [1.29, 1.82) is 0 Å². The molecule has 11 heteroatoms. The number of hydrogen-bond donors (Lipinski definition) is 7. The molecule has 170 valence electrons. The predicted molar refractivity (Wildman–Crippen MR) is 107 cm³/mol. The smallest absolute Gasteiger partial charge is 0.229 e. The first kappa shape index (κ1) is 21.9. The average Bonchev–Trinajstić information content (AvgIpc) is 2.77. The van der Waals surface area contributed by atoms with Gasteiger partial charge in [0.1, 0.15) is 46.9 Å². The van der Waals surface area contributed by atoms with Gasteiger partial charge in [-0.2, -0.15) is 0 Å². The normalized spacial score (nSPS) is 25.7. The number of aliphatic hydroxyl groups excluding tert-OH is 4. The maximum absolute atomic E-state index is 12.6. The van der Waals surface area contributed by atoms with Gasteiger partial charge in [-0.1, -0.05) is 0 Å². The van der Waals surface area contributed by atoms with Crippen molar-refractivity contribution in [2.24, 2.45) is 0 Å². The van der Waals surface area contributed by atoms with Gasteiger partial charge in [-0.05, 0) is 24.3 Å². The molecule has 0 bridgehead atoms. The van der Waals surface area contributed by atoms with Crippen molar-refractivity contribution in [1.82, 2.24) is 0 Å². The van der Waals surface area contributed by atoms with Crippen molar-refractivity contribution >= 4 is 11.0 Å². The fourth-order valence-corrected chi connectivity index (χ4v) is 3.42. The molecule has 4 rings (SSSR count). The molecule has 3 aromatic rings. The van der Waals surface area contributed by atoms with E-state index in [-0.39, 0.29) is 22.5 Å². The molecule has 0 unspecified atom stereocenters. The molecule has 0 saturated carbocycles. The highest BCUT2D eigenvalue weighted by Gasteiger charge is 2.45. The van der Waals surface area contributed by atoms with Gasteiger partial charge in [0, 0.05) is 17.7 Å². The molecule has 1 saturated heterocycles. The van der Waals surface area contributed by atoms with Crippen molar-refractivity contribution in [3.05, 3.63) is 46.6 Å². The van der Waals surface area contributed by atoms with Crippen molar-refractivity contribution in [3.63, 3.8) is 0 Å². The lowest BCUT2D eigenvalue weighted by atomic mass is 9.99. The second kappa shape index (κ2) is 8.30. The Labute approximate surface area is 179 Å². The number of fused-ring (bicyclic) bond motifs is 1. The molecule has 5 atom stereocenters. The van der Waals surface area contributed by atoms with E-state index >= 15 is 0 Å². The Bertz CT molecular complexity index is 1190. The van der Waals surface area contributed by atoms with Gasteiger partial charge >= 0.3 is 0 Å². The summed E-state index contributed by atoms with van der Waals surface area (Å²) in [5.74, 6) is -2.03. The molecule has 11 nitrogen and oxygen atoms in total. The van der Waals surface area contributed by atoms with E-state index in [0.29, 0.717) is 5.56 Å². The minimum atomic E-state index is -1.76. The number of hydrogen-bond acceptors (Lipinski definition) is 11. The minimum absolute atomic E-state index is 0.00895. The van der Waals surface area contributed by atoms with Gasteiger partial charge in [-0.15, -0.1) is 0 Å². The largest absolute Gasteiger partial charge is 0.508 e. The van der Waals surface area contributed by atoms with E-state index in [4.69, 9.17) is 13.9 Å². The highest BCUT2D eigenvalue weighted by atomic mass is 16.7. The number of ether oxygens (including phenoxy) is 2. The fourth-order valence-electron chi connectivity index (χ4n) is 3.42. The van der Waals surface area contributed by atoms with E-state index in [0.717, 1.165) is 12.1 Å². The Kier molecular flexibility index (Phi) is 5.67. The predicted octanol–water partition coefficient (Wildman–Crippen LogP) is -0.245. The molecule has 2 aromatic carbocycles. The molecule has 2 heterocycles. The van der Waals surface area contributed by atoms with Crippen LogP contribution in [-0.4, -0.2) is 73.1 Å². The zero-order valence-electron chi connectivity index (χ0n) is 16.3. The Hall–Kier alpha value is -3.35. The van der Waals surface area contributed by atoms with Crippen molar-refractivity contribution in [3.8, 4) is 34.3 Å². The molecule has 0 aliphatic carbocycles. The Morgan fingerprint density at radius 2 is 1.59 bits per heavy atom. The molecule has 32 heavy (non-hydrogen) atoms. The third kappa shape index (κ3) is 3.72. The molecule has 7 N–H and O–H groups in total. The third-order valence-corrected chi connectivity index (χ3v) is 5.17. The maximum atomic E-state index is 12.6. The molecular formula is C21H20O11. The topological polar surface area (TPSA) is 190 Å². The molecule has 0 amide bonds. The average molecular weight is 448 g/mol. The lowest BCUT2D eigenvalue weighted by Gasteiger charge is -2.39. The molecule has 0 spiro atoms. The number of phenols is 3. The van der Waals surface area contributed by atoms with E-state index in [9.17, 15) is 40.5 Å². The molecular weight excluding hydrogens is 428 g/mol. The number of benzene rings is 2. The SMILES string of the molecule is O=c1cc(-c2ccc(O)cc2)oc2cc(O[C@H]3O[C@H](CO)[C@H](O)[C@H](O)[C@H]3O)c(O)c(O)c12. The minimum Gasteiger partial charge on any atom is -0.508 e. The maximum Gasteiger partial charge on any atom is 0.229 e. The summed E-state index contributed by atoms with van der Waals surface area (Å²) in [7, 11) is 0. The highest BCUT2D eigenvalue weighted by Crippen LogP contribution is 2.42. The number of aromatic hydroxyl groups is 3. The summed E-state index contributed by atoms with van der Waals surface area (Å²) in [4.78, 5) is 12.6. The van der Waals surface area contributed by atoms with Crippen LogP contribution < -0.4 is 10.2 Å².